The number of carbonyl (C=O) groups excluding carboxylic acids is 2. The maximum Gasteiger partial charge on any atom is 0.310 e. The molecule has 0 spiro atoms. The summed E-state index contributed by atoms with van der Waals surface area (Å²) in [5.74, 6) is -1.20. The molecule has 0 aliphatic carbocycles. The normalized spacial score (nSPS) is 19.5. The van der Waals surface area contributed by atoms with Crippen LogP contribution in [-0.4, -0.2) is 29.7 Å². The van der Waals surface area contributed by atoms with Crippen molar-refractivity contribution in [3.8, 4) is 0 Å². The Kier molecular flexibility index (Phi) is 4.66. The smallest absolute Gasteiger partial charge is 0.310 e. The van der Waals surface area contributed by atoms with E-state index in [0.29, 0.717) is 11.4 Å². The summed E-state index contributed by atoms with van der Waals surface area (Å²) in [5.41, 5.74) is 2.08. The molecule has 0 saturated heterocycles. The van der Waals surface area contributed by atoms with Gasteiger partial charge in [-0.2, -0.15) is 0 Å². The average molecular weight is 351 g/mol. The second kappa shape index (κ2) is 6.77. The first-order chi connectivity index (χ1) is 12.3. The minimum Gasteiger partial charge on any atom is -0.469 e. The van der Waals surface area contributed by atoms with E-state index in [4.69, 9.17) is 0 Å². The van der Waals surface area contributed by atoms with Gasteiger partial charge in [-0.1, -0.05) is 47.5 Å². The van der Waals surface area contributed by atoms with Crippen LogP contribution in [0.1, 0.15) is 23.1 Å². The molecule has 1 atom stereocenters. The molecule has 1 heterocycles. The van der Waals surface area contributed by atoms with Crippen LogP contribution < -0.4 is 4.90 Å². The van der Waals surface area contributed by atoms with E-state index in [0.717, 1.165) is 16.7 Å². The average Bonchev–Trinajstić information content (AvgIpc) is 2.87. The van der Waals surface area contributed by atoms with Crippen molar-refractivity contribution in [2.24, 2.45) is 0 Å². The van der Waals surface area contributed by atoms with Crippen molar-refractivity contribution in [1.29, 1.82) is 0 Å². The van der Waals surface area contributed by atoms with Crippen LogP contribution in [0.5, 0.6) is 0 Å². The SMILES string of the molecule is COC(=O)CC1(O)C(=O)C=C(c2ccc(C)cc2)N1c1ccc(C)cc1. The maximum atomic E-state index is 12.7. The third-order valence-corrected chi connectivity index (χ3v) is 4.53. The molecule has 26 heavy (non-hydrogen) atoms. The summed E-state index contributed by atoms with van der Waals surface area (Å²) in [4.78, 5) is 26.0. The van der Waals surface area contributed by atoms with Gasteiger partial charge in [0.15, 0.2) is 0 Å². The molecule has 3 rings (SSSR count). The number of aryl methyl sites for hydroxylation is 2. The molecule has 5 heteroatoms. The van der Waals surface area contributed by atoms with E-state index in [9.17, 15) is 14.7 Å². The zero-order valence-electron chi connectivity index (χ0n) is 15.0. The Hall–Kier alpha value is -2.92. The van der Waals surface area contributed by atoms with E-state index in [1.807, 2.05) is 62.4 Å². The standard InChI is InChI=1S/C21H21NO4/c1-14-4-8-16(9-5-14)18-12-19(23)21(25,13-20(24)26-3)22(18)17-10-6-15(2)7-11-17/h4-12,25H,13H2,1-3H3. The zero-order chi connectivity index (χ0) is 18.9. The molecular weight excluding hydrogens is 330 g/mol. The van der Waals surface area contributed by atoms with Crippen molar-refractivity contribution in [3.63, 3.8) is 0 Å². The van der Waals surface area contributed by atoms with E-state index in [1.54, 1.807) is 0 Å². The van der Waals surface area contributed by atoms with Gasteiger partial charge in [-0.3, -0.25) is 9.59 Å². The molecule has 1 aliphatic rings. The molecule has 0 fully saturated rings. The van der Waals surface area contributed by atoms with Crippen LogP contribution in [0.15, 0.2) is 54.6 Å². The van der Waals surface area contributed by atoms with E-state index in [-0.39, 0.29) is 0 Å². The number of ketones is 1. The molecule has 0 radical (unpaired) electrons. The molecule has 0 bridgehead atoms. The largest absolute Gasteiger partial charge is 0.469 e. The van der Waals surface area contributed by atoms with Crippen molar-refractivity contribution < 1.29 is 19.4 Å². The Balaban J connectivity index is 2.12. The Morgan fingerprint density at radius 3 is 2.12 bits per heavy atom. The molecule has 1 N–H and O–H groups in total. The number of hydrogen-bond donors (Lipinski definition) is 1. The van der Waals surface area contributed by atoms with Gasteiger partial charge in [0, 0.05) is 11.8 Å². The minimum atomic E-state index is -2.01. The number of benzene rings is 2. The predicted octanol–water partition coefficient (Wildman–Crippen LogP) is 2.99. The van der Waals surface area contributed by atoms with Crippen molar-refractivity contribution in [2.75, 3.05) is 12.0 Å². The Morgan fingerprint density at radius 1 is 1.04 bits per heavy atom. The molecule has 1 aliphatic heterocycles. The molecule has 0 aromatic heterocycles. The van der Waals surface area contributed by atoms with E-state index in [1.165, 1.54) is 18.1 Å². The lowest BCUT2D eigenvalue weighted by Crippen LogP contribution is -2.51. The van der Waals surface area contributed by atoms with Gasteiger partial charge in [0.25, 0.3) is 0 Å². The monoisotopic (exact) mass is 351 g/mol. The summed E-state index contributed by atoms with van der Waals surface area (Å²) in [7, 11) is 1.23. The van der Waals surface area contributed by atoms with Crippen molar-refractivity contribution in [2.45, 2.75) is 26.0 Å². The number of ether oxygens (including phenoxy) is 1. The molecule has 5 nitrogen and oxygen atoms in total. The Bertz CT molecular complexity index is 868. The maximum absolute atomic E-state index is 12.7. The number of nitrogens with zero attached hydrogens (tertiary/aromatic N) is 1. The number of carbonyl (C=O) groups is 2. The lowest BCUT2D eigenvalue weighted by molar-refractivity contribution is -0.150. The molecule has 1 unspecified atom stereocenters. The Morgan fingerprint density at radius 2 is 1.58 bits per heavy atom. The summed E-state index contributed by atoms with van der Waals surface area (Å²) < 4.78 is 4.68. The van der Waals surface area contributed by atoms with Gasteiger partial charge in [0.2, 0.25) is 11.5 Å². The number of esters is 1. The molecule has 134 valence electrons. The van der Waals surface area contributed by atoms with Gasteiger partial charge in [-0.05, 0) is 31.5 Å². The lowest BCUT2D eigenvalue weighted by atomic mass is 10.0. The number of rotatable bonds is 4. The zero-order valence-corrected chi connectivity index (χ0v) is 15.0. The van der Waals surface area contributed by atoms with Gasteiger partial charge in [-0.25, -0.2) is 0 Å². The van der Waals surface area contributed by atoms with Gasteiger partial charge in [0.05, 0.1) is 12.8 Å². The third kappa shape index (κ3) is 3.13. The van der Waals surface area contributed by atoms with Crippen LogP contribution in [0, 0.1) is 13.8 Å². The van der Waals surface area contributed by atoms with Gasteiger partial charge in [-0.15, -0.1) is 0 Å². The first kappa shape index (κ1) is 17.9. The summed E-state index contributed by atoms with van der Waals surface area (Å²) in [6, 6.07) is 15.1. The van der Waals surface area contributed by atoms with Crippen LogP contribution in [0.4, 0.5) is 5.69 Å². The van der Waals surface area contributed by atoms with Gasteiger partial charge in [0.1, 0.15) is 6.42 Å². The molecule has 2 aromatic rings. The molecule has 0 amide bonds. The molecular formula is C21H21NO4. The summed E-state index contributed by atoms with van der Waals surface area (Å²) in [6.07, 6.45) is 0.926. The van der Waals surface area contributed by atoms with Crippen LogP contribution in [-0.2, 0) is 14.3 Å². The van der Waals surface area contributed by atoms with Crippen LogP contribution in [0.2, 0.25) is 0 Å². The Labute approximate surface area is 152 Å². The summed E-state index contributed by atoms with van der Waals surface area (Å²) in [5, 5.41) is 11.2. The van der Waals surface area contributed by atoms with Crippen LogP contribution in [0.3, 0.4) is 0 Å². The summed E-state index contributed by atoms with van der Waals surface area (Å²) in [6.45, 7) is 3.93. The van der Waals surface area contributed by atoms with Crippen molar-refractivity contribution in [3.05, 3.63) is 71.3 Å². The number of anilines is 1. The fraction of sp³-hybridized carbons (Fsp3) is 0.238. The highest BCUT2D eigenvalue weighted by Gasteiger charge is 2.50. The highest BCUT2D eigenvalue weighted by Crippen LogP contribution is 2.40. The van der Waals surface area contributed by atoms with Crippen LogP contribution >= 0.6 is 0 Å². The summed E-state index contributed by atoms with van der Waals surface area (Å²) >= 11 is 0. The fourth-order valence-electron chi connectivity index (χ4n) is 3.04. The number of methoxy groups -OCH3 is 1. The highest BCUT2D eigenvalue weighted by atomic mass is 16.5. The second-order valence-electron chi connectivity index (χ2n) is 6.50. The number of aliphatic hydroxyl groups is 1. The third-order valence-electron chi connectivity index (χ3n) is 4.53. The van der Waals surface area contributed by atoms with E-state index >= 15 is 0 Å². The molecule has 0 saturated carbocycles. The first-order valence-corrected chi connectivity index (χ1v) is 8.34. The fourth-order valence-corrected chi connectivity index (χ4v) is 3.04. The van der Waals surface area contributed by atoms with E-state index < -0.39 is 23.9 Å². The van der Waals surface area contributed by atoms with Crippen molar-refractivity contribution >= 4 is 23.1 Å². The van der Waals surface area contributed by atoms with Gasteiger partial charge >= 0.3 is 5.97 Å². The van der Waals surface area contributed by atoms with Crippen molar-refractivity contribution in [1.82, 2.24) is 0 Å². The number of hydrogen-bond acceptors (Lipinski definition) is 5. The molecule has 2 aromatic carbocycles. The first-order valence-electron chi connectivity index (χ1n) is 8.34. The second-order valence-corrected chi connectivity index (χ2v) is 6.50. The predicted molar refractivity (Wildman–Crippen MR) is 99.4 cm³/mol. The minimum absolute atomic E-state index is 0.456. The highest BCUT2D eigenvalue weighted by molar-refractivity contribution is 6.14. The topological polar surface area (TPSA) is 66.8 Å². The quantitative estimate of drug-likeness (QED) is 0.858. The van der Waals surface area contributed by atoms with Gasteiger partial charge < -0.3 is 14.7 Å². The van der Waals surface area contributed by atoms with Crippen LogP contribution in [0.25, 0.3) is 5.70 Å². The van der Waals surface area contributed by atoms with E-state index in [2.05, 4.69) is 4.74 Å². The lowest BCUT2D eigenvalue weighted by Gasteiger charge is -2.35.